The molecule has 3 aromatic carbocycles. The van der Waals surface area contributed by atoms with Crippen LogP contribution in [0.1, 0.15) is 66.4 Å². The standard InChI is InChI=1S/C37H41N3O6/c1-24(41)38(2)28-9-13-32(39-14-17-44-18-15-39)27(20-28)23-46-29-10-12-31-34(22-29)45-19-16-40-33-21-26(37(42)43)8-11-30(33)35(36(31)40)25-6-4-3-5-7-25/h8-13,20-22,25H,3-7,14-19,23H2,1-2H3,(H,42,43). The van der Waals surface area contributed by atoms with Crippen molar-refractivity contribution >= 4 is 34.2 Å². The molecule has 0 spiro atoms. The van der Waals surface area contributed by atoms with Crippen molar-refractivity contribution in [3.63, 3.8) is 0 Å². The zero-order valence-electron chi connectivity index (χ0n) is 26.6. The van der Waals surface area contributed by atoms with E-state index in [9.17, 15) is 14.7 Å². The van der Waals surface area contributed by atoms with Gasteiger partial charge in [-0.25, -0.2) is 4.79 Å². The zero-order valence-corrected chi connectivity index (χ0v) is 26.6. The number of carboxylic acids is 1. The molecule has 2 aliphatic heterocycles. The van der Waals surface area contributed by atoms with E-state index in [0.717, 1.165) is 70.8 Å². The lowest BCUT2D eigenvalue weighted by Crippen LogP contribution is -2.37. The monoisotopic (exact) mass is 623 g/mol. The maximum Gasteiger partial charge on any atom is 0.335 e. The Morgan fingerprint density at radius 1 is 0.957 bits per heavy atom. The van der Waals surface area contributed by atoms with Gasteiger partial charge in [0.15, 0.2) is 0 Å². The maximum absolute atomic E-state index is 12.1. The van der Waals surface area contributed by atoms with Gasteiger partial charge in [-0.1, -0.05) is 25.3 Å². The molecular formula is C37H41N3O6. The molecule has 1 N–H and O–H groups in total. The van der Waals surface area contributed by atoms with Gasteiger partial charge in [0.25, 0.3) is 0 Å². The number of carbonyl (C=O) groups excluding carboxylic acids is 1. The lowest BCUT2D eigenvalue weighted by atomic mass is 9.81. The summed E-state index contributed by atoms with van der Waals surface area (Å²) in [4.78, 5) is 28.0. The van der Waals surface area contributed by atoms with Crippen molar-refractivity contribution in [3.8, 4) is 22.8 Å². The van der Waals surface area contributed by atoms with Crippen molar-refractivity contribution in [2.75, 3.05) is 49.8 Å². The lowest BCUT2D eigenvalue weighted by Gasteiger charge is -2.31. The highest BCUT2D eigenvalue weighted by Crippen LogP contribution is 2.48. The van der Waals surface area contributed by atoms with Gasteiger partial charge in [0, 0.05) is 66.5 Å². The summed E-state index contributed by atoms with van der Waals surface area (Å²) in [6.45, 7) is 5.94. The molecule has 4 aromatic rings. The summed E-state index contributed by atoms with van der Waals surface area (Å²) < 4.78 is 20.7. The maximum atomic E-state index is 12.1. The molecule has 3 aliphatic rings. The Hall–Kier alpha value is -4.50. The van der Waals surface area contributed by atoms with Gasteiger partial charge in [-0.15, -0.1) is 0 Å². The molecule has 3 heterocycles. The van der Waals surface area contributed by atoms with E-state index in [2.05, 4.69) is 21.6 Å². The van der Waals surface area contributed by atoms with Crippen LogP contribution in [0.2, 0.25) is 0 Å². The number of morpholine rings is 1. The van der Waals surface area contributed by atoms with Crippen molar-refractivity contribution in [1.82, 2.24) is 4.57 Å². The number of benzene rings is 3. The van der Waals surface area contributed by atoms with Crippen molar-refractivity contribution in [2.45, 2.75) is 58.1 Å². The van der Waals surface area contributed by atoms with Crippen LogP contribution in [0.5, 0.6) is 11.5 Å². The summed E-state index contributed by atoms with van der Waals surface area (Å²) >= 11 is 0. The fourth-order valence-corrected chi connectivity index (χ4v) is 7.34. The van der Waals surface area contributed by atoms with Crippen LogP contribution < -0.4 is 19.3 Å². The van der Waals surface area contributed by atoms with Gasteiger partial charge in [0.05, 0.1) is 31.0 Å². The van der Waals surface area contributed by atoms with Gasteiger partial charge < -0.3 is 33.7 Å². The molecule has 240 valence electrons. The Morgan fingerprint density at radius 2 is 1.76 bits per heavy atom. The number of carbonyl (C=O) groups is 2. The Bertz CT molecular complexity index is 1780. The lowest BCUT2D eigenvalue weighted by molar-refractivity contribution is -0.116. The van der Waals surface area contributed by atoms with Gasteiger partial charge in [0.1, 0.15) is 24.7 Å². The Balaban J connectivity index is 1.25. The first-order valence-electron chi connectivity index (χ1n) is 16.4. The third kappa shape index (κ3) is 5.68. The summed E-state index contributed by atoms with van der Waals surface area (Å²) in [5.41, 5.74) is 7.62. The van der Waals surface area contributed by atoms with Crippen LogP contribution in [0, 0.1) is 0 Å². The summed E-state index contributed by atoms with van der Waals surface area (Å²) in [7, 11) is 1.78. The van der Waals surface area contributed by atoms with Crippen molar-refractivity contribution in [1.29, 1.82) is 0 Å². The van der Waals surface area contributed by atoms with E-state index in [0.29, 0.717) is 50.2 Å². The highest BCUT2D eigenvalue weighted by atomic mass is 16.5. The second-order valence-corrected chi connectivity index (χ2v) is 12.6. The third-order valence-corrected chi connectivity index (χ3v) is 9.81. The first-order valence-corrected chi connectivity index (χ1v) is 16.4. The van der Waals surface area contributed by atoms with Gasteiger partial charge in [-0.05, 0) is 66.8 Å². The molecular weight excluding hydrogens is 582 g/mol. The Labute approximate surface area is 269 Å². The van der Waals surface area contributed by atoms with E-state index in [1.54, 1.807) is 24.9 Å². The van der Waals surface area contributed by atoms with Gasteiger partial charge in [0.2, 0.25) is 5.91 Å². The van der Waals surface area contributed by atoms with E-state index in [1.807, 2.05) is 36.4 Å². The minimum Gasteiger partial charge on any atom is -0.491 e. The topological polar surface area (TPSA) is 93.5 Å². The summed E-state index contributed by atoms with van der Waals surface area (Å²) in [5, 5.41) is 10.9. The third-order valence-electron chi connectivity index (χ3n) is 9.81. The number of hydrogen-bond acceptors (Lipinski definition) is 6. The highest BCUT2D eigenvalue weighted by molar-refractivity contribution is 5.99. The number of aromatic nitrogens is 1. The predicted octanol–water partition coefficient (Wildman–Crippen LogP) is 6.84. The minimum atomic E-state index is -0.918. The number of ether oxygens (including phenoxy) is 3. The molecule has 1 aromatic heterocycles. The Kier molecular flexibility index (Phi) is 8.34. The number of aromatic carboxylic acids is 1. The minimum absolute atomic E-state index is 0.0296. The van der Waals surface area contributed by atoms with Crippen LogP contribution in [0.4, 0.5) is 11.4 Å². The summed E-state index contributed by atoms with van der Waals surface area (Å²) in [5.74, 6) is 0.947. The van der Waals surface area contributed by atoms with E-state index in [-0.39, 0.29) is 5.91 Å². The second kappa shape index (κ2) is 12.7. The molecule has 1 aliphatic carbocycles. The normalized spacial score (nSPS) is 16.7. The molecule has 0 bridgehead atoms. The predicted molar refractivity (Wildman–Crippen MR) is 179 cm³/mol. The molecule has 9 heteroatoms. The van der Waals surface area contributed by atoms with Gasteiger partial charge in [-0.3, -0.25) is 4.79 Å². The molecule has 0 unspecified atom stereocenters. The molecule has 46 heavy (non-hydrogen) atoms. The van der Waals surface area contributed by atoms with Crippen molar-refractivity contribution < 1.29 is 28.9 Å². The van der Waals surface area contributed by atoms with Gasteiger partial charge >= 0.3 is 5.97 Å². The van der Waals surface area contributed by atoms with Gasteiger partial charge in [-0.2, -0.15) is 0 Å². The average Bonchev–Trinajstić information content (AvgIpc) is 3.28. The molecule has 0 radical (unpaired) electrons. The smallest absolute Gasteiger partial charge is 0.335 e. The number of carboxylic acid groups (broad SMARTS) is 1. The number of nitrogens with zero attached hydrogens (tertiary/aromatic N) is 3. The quantitative estimate of drug-likeness (QED) is 0.241. The molecule has 7 rings (SSSR count). The molecule has 1 amide bonds. The molecule has 1 saturated carbocycles. The van der Waals surface area contributed by atoms with Crippen LogP contribution >= 0.6 is 0 Å². The van der Waals surface area contributed by atoms with E-state index in [4.69, 9.17) is 14.2 Å². The Morgan fingerprint density at radius 3 is 2.52 bits per heavy atom. The van der Waals surface area contributed by atoms with E-state index in [1.165, 1.54) is 24.8 Å². The number of fused-ring (bicyclic) bond motifs is 5. The molecule has 1 saturated heterocycles. The van der Waals surface area contributed by atoms with Crippen LogP contribution in [-0.2, 0) is 22.7 Å². The number of anilines is 2. The summed E-state index contributed by atoms with van der Waals surface area (Å²) in [6, 6.07) is 17.7. The van der Waals surface area contributed by atoms with Crippen molar-refractivity contribution in [2.24, 2.45) is 0 Å². The van der Waals surface area contributed by atoms with Crippen LogP contribution in [-0.4, -0.2) is 61.5 Å². The number of rotatable bonds is 7. The van der Waals surface area contributed by atoms with Crippen LogP contribution in [0.15, 0.2) is 54.6 Å². The van der Waals surface area contributed by atoms with E-state index >= 15 is 0 Å². The fourth-order valence-electron chi connectivity index (χ4n) is 7.34. The first kappa shape index (κ1) is 30.2. The number of amides is 1. The fraction of sp³-hybridized carbons (Fsp3) is 0.405. The van der Waals surface area contributed by atoms with Crippen LogP contribution in [0.3, 0.4) is 0 Å². The molecule has 2 fully saturated rings. The second-order valence-electron chi connectivity index (χ2n) is 12.6. The summed E-state index contributed by atoms with van der Waals surface area (Å²) in [6.07, 6.45) is 5.93. The molecule has 0 atom stereocenters. The van der Waals surface area contributed by atoms with Crippen molar-refractivity contribution in [3.05, 3.63) is 71.3 Å². The zero-order chi connectivity index (χ0) is 31.8. The largest absolute Gasteiger partial charge is 0.491 e. The van der Waals surface area contributed by atoms with Crippen LogP contribution in [0.25, 0.3) is 22.2 Å². The SMILES string of the molecule is CC(=O)N(C)c1ccc(N2CCOCC2)c(COc2ccc3c(c2)OCCn2c-3c(C3CCCCC3)c3ccc(C(=O)O)cc32)c1. The van der Waals surface area contributed by atoms with E-state index < -0.39 is 5.97 Å². The number of hydrogen-bond donors (Lipinski definition) is 1. The first-order chi connectivity index (χ1) is 22.4. The highest BCUT2D eigenvalue weighted by Gasteiger charge is 2.30. The molecule has 9 nitrogen and oxygen atoms in total. The average molecular weight is 624 g/mol.